The third-order valence-electron chi connectivity index (χ3n) is 9.66. The first-order valence-electron chi connectivity index (χ1n) is 18.1. The zero-order valence-corrected chi connectivity index (χ0v) is 31.2. The normalized spacial score (nSPS) is 12.5. The molecular weight excluding hydrogens is 709 g/mol. The van der Waals surface area contributed by atoms with Crippen LogP contribution in [-0.2, 0) is 16.9 Å². The van der Waals surface area contributed by atoms with Crippen LogP contribution in [0.15, 0.2) is 146 Å². The van der Waals surface area contributed by atoms with Crippen molar-refractivity contribution in [1.82, 2.24) is 19.5 Å². The third-order valence-corrected chi connectivity index (χ3v) is 9.66. The standard InChI is InChI=1S/C44H42N6O6/c1-30(51)31(28-55-44(32-13-7-4-8-14-32,33-19-23-37(53-2)24-20-33)34-21-25-38(54-3)26-22-34)27-49-29-46-39-40(45)47-42(48-41(39)49)56-43(52)50(35-15-9-5-10-16-35)36-17-11-6-12-18-36/h4-26,29-31,51H,27-28H2,1-3H3,(H2,45,47,48)/t30-,31-/m1/s1. The van der Waals surface area contributed by atoms with Crippen LogP contribution in [0, 0.1) is 5.92 Å². The number of benzene rings is 5. The molecule has 0 aliphatic rings. The van der Waals surface area contributed by atoms with Gasteiger partial charge in [-0.25, -0.2) is 14.7 Å². The van der Waals surface area contributed by atoms with E-state index in [1.54, 1.807) is 56.3 Å². The Morgan fingerprint density at radius 1 is 0.750 bits per heavy atom. The monoisotopic (exact) mass is 750 g/mol. The van der Waals surface area contributed by atoms with Crippen molar-refractivity contribution in [3.05, 3.63) is 163 Å². The van der Waals surface area contributed by atoms with Gasteiger partial charge in [0.05, 0.1) is 44.6 Å². The number of methoxy groups -OCH3 is 2. The van der Waals surface area contributed by atoms with Gasteiger partial charge in [0, 0.05) is 12.5 Å². The van der Waals surface area contributed by atoms with E-state index in [0.717, 1.165) is 16.7 Å². The van der Waals surface area contributed by atoms with Crippen LogP contribution in [0.2, 0.25) is 0 Å². The Bertz CT molecular complexity index is 2270. The van der Waals surface area contributed by atoms with Crippen LogP contribution in [0.1, 0.15) is 23.6 Å². The highest BCUT2D eigenvalue weighted by molar-refractivity contribution is 5.97. The van der Waals surface area contributed by atoms with E-state index in [1.807, 2.05) is 115 Å². The molecule has 2 atom stereocenters. The van der Waals surface area contributed by atoms with Crippen LogP contribution < -0.4 is 24.8 Å². The maximum atomic E-state index is 13.7. The number of para-hydroxylation sites is 2. The van der Waals surface area contributed by atoms with Crippen molar-refractivity contribution in [1.29, 1.82) is 0 Å². The van der Waals surface area contributed by atoms with E-state index in [1.165, 1.54) is 4.90 Å². The average Bonchev–Trinajstić information content (AvgIpc) is 3.65. The van der Waals surface area contributed by atoms with Crippen molar-refractivity contribution in [3.63, 3.8) is 0 Å². The summed E-state index contributed by atoms with van der Waals surface area (Å²) in [6.07, 6.45) is 0.0279. The van der Waals surface area contributed by atoms with Crippen LogP contribution >= 0.6 is 0 Å². The predicted molar refractivity (Wildman–Crippen MR) is 214 cm³/mol. The van der Waals surface area contributed by atoms with Crippen molar-refractivity contribution in [3.8, 4) is 17.5 Å². The number of rotatable bonds is 14. The molecule has 0 aliphatic carbocycles. The maximum absolute atomic E-state index is 13.7. The molecule has 2 heterocycles. The summed E-state index contributed by atoms with van der Waals surface area (Å²) in [5, 5.41) is 11.3. The summed E-state index contributed by atoms with van der Waals surface area (Å²) in [6, 6.07) is 43.5. The molecule has 0 aliphatic heterocycles. The summed E-state index contributed by atoms with van der Waals surface area (Å²) in [5.41, 5.74) is 9.72. The Balaban J connectivity index is 1.21. The molecule has 0 bridgehead atoms. The van der Waals surface area contributed by atoms with Crippen LogP contribution in [0.25, 0.3) is 11.2 Å². The number of carbonyl (C=O) groups is 1. The van der Waals surface area contributed by atoms with E-state index in [9.17, 15) is 9.90 Å². The third kappa shape index (κ3) is 7.74. The number of aromatic nitrogens is 4. The van der Waals surface area contributed by atoms with Gasteiger partial charge >= 0.3 is 12.1 Å². The van der Waals surface area contributed by atoms with E-state index in [2.05, 4.69) is 15.0 Å². The number of ether oxygens (including phenoxy) is 4. The minimum Gasteiger partial charge on any atom is -0.497 e. The summed E-state index contributed by atoms with van der Waals surface area (Å²) < 4.78 is 25.6. The lowest BCUT2D eigenvalue weighted by atomic mass is 9.79. The van der Waals surface area contributed by atoms with Gasteiger partial charge in [-0.2, -0.15) is 9.97 Å². The molecule has 0 fully saturated rings. The fourth-order valence-electron chi connectivity index (χ4n) is 6.67. The second-order valence-corrected chi connectivity index (χ2v) is 13.2. The lowest BCUT2D eigenvalue weighted by Gasteiger charge is -2.37. The summed E-state index contributed by atoms with van der Waals surface area (Å²) in [7, 11) is 3.25. The van der Waals surface area contributed by atoms with Crippen molar-refractivity contribution in [2.45, 2.75) is 25.2 Å². The van der Waals surface area contributed by atoms with Crippen LogP contribution in [0.5, 0.6) is 17.5 Å². The minimum absolute atomic E-state index is 0.0366. The van der Waals surface area contributed by atoms with Crippen LogP contribution in [-0.4, -0.2) is 57.6 Å². The van der Waals surface area contributed by atoms with E-state index in [-0.39, 0.29) is 25.0 Å². The number of nitrogens with two attached hydrogens (primary N) is 1. The van der Waals surface area contributed by atoms with Gasteiger partial charge in [-0.1, -0.05) is 91.0 Å². The van der Waals surface area contributed by atoms with E-state index in [4.69, 9.17) is 24.7 Å². The number of carbonyl (C=O) groups excluding carboxylic acids is 1. The largest absolute Gasteiger partial charge is 0.497 e. The zero-order chi connectivity index (χ0) is 39.1. The van der Waals surface area contributed by atoms with Crippen molar-refractivity contribution < 1.29 is 28.8 Å². The van der Waals surface area contributed by atoms with Gasteiger partial charge in [0.15, 0.2) is 17.0 Å². The maximum Gasteiger partial charge on any atom is 0.426 e. The molecule has 56 heavy (non-hydrogen) atoms. The smallest absolute Gasteiger partial charge is 0.426 e. The summed E-state index contributed by atoms with van der Waals surface area (Å²) in [5.74, 6) is 0.979. The van der Waals surface area contributed by atoms with Gasteiger partial charge in [-0.3, -0.25) is 0 Å². The SMILES string of the molecule is COc1ccc(C(OC[C@@H](Cn2cnc3c(N)nc(OC(=O)N(c4ccccc4)c4ccccc4)nc32)[C@@H](C)O)(c2ccccc2)c2ccc(OC)cc2)cc1. The number of hydrogen-bond acceptors (Lipinski definition) is 10. The van der Waals surface area contributed by atoms with E-state index < -0.39 is 23.7 Å². The Kier molecular flexibility index (Phi) is 11.2. The second kappa shape index (κ2) is 16.7. The molecule has 5 aromatic carbocycles. The molecule has 284 valence electrons. The van der Waals surface area contributed by atoms with E-state index in [0.29, 0.717) is 34.0 Å². The highest BCUT2D eigenvalue weighted by Gasteiger charge is 2.39. The molecule has 0 saturated carbocycles. The molecule has 0 spiro atoms. The van der Waals surface area contributed by atoms with Crippen molar-refractivity contribution in [2.24, 2.45) is 5.92 Å². The summed E-state index contributed by atoms with van der Waals surface area (Å²) >= 11 is 0. The van der Waals surface area contributed by atoms with Gasteiger partial charge < -0.3 is 34.4 Å². The fourth-order valence-corrected chi connectivity index (χ4v) is 6.67. The molecule has 0 saturated heterocycles. The quantitative estimate of drug-likeness (QED) is 0.106. The second-order valence-electron chi connectivity index (χ2n) is 13.2. The topological polar surface area (TPSA) is 147 Å². The molecule has 0 unspecified atom stereocenters. The lowest BCUT2D eigenvalue weighted by molar-refractivity contribution is -0.0381. The molecule has 0 radical (unpaired) electrons. The van der Waals surface area contributed by atoms with Gasteiger partial charge in [-0.05, 0) is 72.1 Å². The molecule has 2 aromatic heterocycles. The Hall–Kier alpha value is -6.76. The van der Waals surface area contributed by atoms with Gasteiger partial charge in [0.25, 0.3) is 0 Å². The summed E-state index contributed by atoms with van der Waals surface area (Å²) in [4.78, 5) is 28.5. The molecular formula is C44H42N6O6. The van der Waals surface area contributed by atoms with Crippen molar-refractivity contribution >= 4 is 34.4 Å². The molecule has 7 aromatic rings. The minimum atomic E-state index is -1.10. The number of imidazole rings is 1. The van der Waals surface area contributed by atoms with Crippen LogP contribution in [0.4, 0.5) is 22.0 Å². The number of fused-ring (bicyclic) bond motifs is 1. The first-order chi connectivity index (χ1) is 27.3. The number of aliphatic hydroxyl groups excluding tert-OH is 1. The average molecular weight is 751 g/mol. The van der Waals surface area contributed by atoms with Gasteiger partial charge in [0.1, 0.15) is 17.1 Å². The Labute approximate surface area is 324 Å². The number of nitrogens with zero attached hydrogens (tertiary/aromatic N) is 5. The summed E-state index contributed by atoms with van der Waals surface area (Å²) in [6.45, 7) is 2.06. The van der Waals surface area contributed by atoms with Crippen molar-refractivity contribution in [2.75, 3.05) is 31.5 Å². The zero-order valence-electron chi connectivity index (χ0n) is 31.2. The lowest BCUT2D eigenvalue weighted by Crippen LogP contribution is -2.37. The Morgan fingerprint density at radius 2 is 1.25 bits per heavy atom. The number of hydrogen-bond donors (Lipinski definition) is 2. The molecule has 7 rings (SSSR count). The highest BCUT2D eigenvalue weighted by Crippen LogP contribution is 2.42. The Morgan fingerprint density at radius 3 is 1.75 bits per heavy atom. The van der Waals surface area contributed by atoms with Crippen LogP contribution in [0.3, 0.4) is 0 Å². The molecule has 3 N–H and O–H groups in total. The number of amides is 1. The predicted octanol–water partition coefficient (Wildman–Crippen LogP) is 7.77. The first-order valence-corrected chi connectivity index (χ1v) is 18.1. The van der Waals surface area contributed by atoms with Gasteiger partial charge in [-0.15, -0.1) is 0 Å². The number of aliphatic hydroxyl groups is 1. The number of nitrogen functional groups attached to an aromatic ring is 1. The molecule has 1 amide bonds. The highest BCUT2D eigenvalue weighted by atomic mass is 16.6. The fraction of sp³-hybridized carbons (Fsp3) is 0.182. The van der Waals surface area contributed by atoms with E-state index >= 15 is 0 Å². The first kappa shape index (κ1) is 37.6. The number of anilines is 3. The molecule has 12 nitrogen and oxygen atoms in total. The van der Waals surface area contributed by atoms with Gasteiger partial charge in [0.2, 0.25) is 0 Å². The molecule has 12 heteroatoms.